The zero-order chi connectivity index (χ0) is 10.4. The highest BCUT2D eigenvalue weighted by Crippen LogP contribution is 2.03. The van der Waals surface area contributed by atoms with Gasteiger partial charge in [0.05, 0.1) is 5.84 Å². The molecule has 0 aliphatic rings. The standard InChI is InChI=1S/C11H17N3/c1-3-4-11(12)14(2)9-10-5-7-13-8-6-10/h5-8,12H,3-4,9H2,1-2H3. The van der Waals surface area contributed by atoms with Crippen LogP contribution in [0.3, 0.4) is 0 Å². The Kier molecular flexibility index (Phi) is 4.11. The molecule has 0 saturated carbocycles. The number of hydrogen-bond acceptors (Lipinski definition) is 2. The maximum Gasteiger partial charge on any atom is 0.0957 e. The molecular formula is C11H17N3. The first-order valence-corrected chi connectivity index (χ1v) is 4.91. The molecule has 3 heteroatoms. The van der Waals surface area contributed by atoms with Crippen molar-refractivity contribution in [2.75, 3.05) is 7.05 Å². The van der Waals surface area contributed by atoms with Crippen molar-refractivity contribution in [3.8, 4) is 0 Å². The molecule has 1 rings (SSSR count). The summed E-state index contributed by atoms with van der Waals surface area (Å²) in [6.45, 7) is 2.89. The Balaban J connectivity index is 2.49. The molecule has 1 aromatic heterocycles. The second-order valence-corrected chi connectivity index (χ2v) is 3.41. The van der Waals surface area contributed by atoms with Crippen LogP contribution < -0.4 is 0 Å². The molecule has 0 atom stereocenters. The second kappa shape index (κ2) is 5.37. The van der Waals surface area contributed by atoms with Crippen LogP contribution in [0.1, 0.15) is 25.3 Å². The van der Waals surface area contributed by atoms with E-state index < -0.39 is 0 Å². The zero-order valence-corrected chi connectivity index (χ0v) is 8.83. The predicted molar refractivity (Wildman–Crippen MR) is 58.3 cm³/mol. The van der Waals surface area contributed by atoms with E-state index in [2.05, 4.69) is 11.9 Å². The van der Waals surface area contributed by atoms with Crippen LogP contribution in [0.15, 0.2) is 24.5 Å². The van der Waals surface area contributed by atoms with Gasteiger partial charge in [0.25, 0.3) is 0 Å². The fourth-order valence-corrected chi connectivity index (χ4v) is 1.29. The fraction of sp³-hybridized carbons (Fsp3) is 0.455. The monoisotopic (exact) mass is 191 g/mol. The summed E-state index contributed by atoms with van der Waals surface area (Å²) in [7, 11) is 1.96. The number of pyridine rings is 1. The van der Waals surface area contributed by atoms with Crippen molar-refractivity contribution < 1.29 is 0 Å². The molecule has 76 valence electrons. The average molecular weight is 191 g/mol. The molecule has 14 heavy (non-hydrogen) atoms. The van der Waals surface area contributed by atoms with E-state index in [1.165, 1.54) is 5.56 Å². The quantitative estimate of drug-likeness (QED) is 0.586. The van der Waals surface area contributed by atoms with E-state index in [4.69, 9.17) is 5.41 Å². The summed E-state index contributed by atoms with van der Waals surface area (Å²) >= 11 is 0. The van der Waals surface area contributed by atoms with E-state index in [0.717, 1.165) is 19.4 Å². The largest absolute Gasteiger partial charge is 0.359 e. The van der Waals surface area contributed by atoms with Crippen LogP contribution in [0.5, 0.6) is 0 Å². The Labute approximate surface area is 85.3 Å². The van der Waals surface area contributed by atoms with Crippen LogP contribution in [-0.4, -0.2) is 22.8 Å². The molecule has 0 aliphatic heterocycles. The van der Waals surface area contributed by atoms with Gasteiger partial charge >= 0.3 is 0 Å². The first-order chi connectivity index (χ1) is 6.74. The lowest BCUT2D eigenvalue weighted by Crippen LogP contribution is -2.25. The number of aromatic nitrogens is 1. The maximum absolute atomic E-state index is 7.75. The van der Waals surface area contributed by atoms with Gasteiger partial charge in [0.15, 0.2) is 0 Å². The summed E-state index contributed by atoms with van der Waals surface area (Å²) in [4.78, 5) is 5.93. The van der Waals surface area contributed by atoms with Gasteiger partial charge < -0.3 is 4.90 Å². The number of nitrogens with one attached hydrogen (secondary N) is 1. The minimum atomic E-state index is 0.698. The van der Waals surface area contributed by atoms with Crippen LogP contribution in [-0.2, 0) is 6.54 Å². The average Bonchev–Trinajstić information content (AvgIpc) is 2.19. The smallest absolute Gasteiger partial charge is 0.0957 e. The van der Waals surface area contributed by atoms with Gasteiger partial charge in [0.2, 0.25) is 0 Å². The first-order valence-electron chi connectivity index (χ1n) is 4.91. The molecule has 0 radical (unpaired) electrons. The summed E-state index contributed by atoms with van der Waals surface area (Å²) < 4.78 is 0. The first kappa shape index (κ1) is 10.7. The molecule has 3 nitrogen and oxygen atoms in total. The van der Waals surface area contributed by atoms with Crippen molar-refractivity contribution in [1.29, 1.82) is 5.41 Å². The molecule has 0 amide bonds. The third kappa shape index (κ3) is 3.17. The lowest BCUT2D eigenvalue weighted by Gasteiger charge is -2.19. The summed E-state index contributed by atoms with van der Waals surface area (Å²) in [5.41, 5.74) is 1.20. The zero-order valence-electron chi connectivity index (χ0n) is 8.83. The minimum absolute atomic E-state index is 0.698. The SMILES string of the molecule is CCCC(=N)N(C)Cc1ccncc1. The van der Waals surface area contributed by atoms with Crippen molar-refractivity contribution in [2.24, 2.45) is 0 Å². The van der Waals surface area contributed by atoms with Gasteiger partial charge in [-0.2, -0.15) is 0 Å². The lowest BCUT2D eigenvalue weighted by atomic mass is 10.2. The Morgan fingerprint density at radius 2 is 2.07 bits per heavy atom. The van der Waals surface area contributed by atoms with E-state index in [-0.39, 0.29) is 0 Å². The number of nitrogens with zero attached hydrogens (tertiary/aromatic N) is 2. The molecule has 1 heterocycles. The van der Waals surface area contributed by atoms with Crippen molar-refractivity contribution in [2.45, 2.75) is 26.3 Å². The van der Waals surface area contributed by atoms with Gasteiger partial charge in [0, 0.05) is 32.4 Å². The summed E-state index contributed by atoms with van der Waals surface area (Å²) in [6.07, 6.45) is 5.44. The van der Waals surface area contributed by atoms with E-state index in [0.29, 0.717) is 5.84 Å². The number of amidine groups is 1. The topological polar surface area (TPSA) is 40.0 Å². The van der Waals surface area contributed by atoms with Crippen molar-refractivity contribution in [3.63, 3.8) is 0 Å². The molecule has 0 aromatic carbocycles. The van der Waals surface area contributed by atoms with Gasteiger partial charge in [-0.05, 0) is 24.1 Å². The molecule has 0 saturated heterocycles. The molecule has 0 fully saturated rings. The molecule has 0 bridgehead atoms. The highest BCUT2D eigenvalue weighted by molar-refractivity contribution is 5.78. The Bertz CT molecular complexity index is 282. The van der Waals surface area contributed by atoms with Crippen molar-refractivity contribution >= 4 is 5.84 Å². The van der Waals surface area contributed by atoms with Crippen LogP contribution >= 0.6 is 0 Å². The highest BCUT2D eigenvalue weighted by atomic mass is 15.1. The van der Waals surface area contributed by atoms with Crippen LogP contribution in [0.25, 0.3) is 0 Å². The highest BCUT2D eigenvalue weighted by Gasteiger charge is 2.03. The van der Waals surface area contributed by atoms with Crippen LogP contribution in [0, 0.1) is 5.41 Å². The normalized spacial score (nSPS) is 9.86. The Morgan fingerprint density at radius 1 is 1.43 bits per heavy atom. The molecule has 0 spiro atoms. The minimum Gasteiger partial charge on any atom is -0.359 e. The van der Waals surface area contributed by atoms with Crippen LogP contribution in [0.4, 0.5) is 0 Å². The number of rotatable bonds is 4. The van der Waals surface area contributed by atoms with E-state index in [1.54, 1.807) is 12.4 Å². The molecule has 0 unspecified atom stereocenters. The van der Waals surface area contributed by atoms with E-state index >= 15 is 0 Å². The third-order valence-corrected chi connectivity index (χ3v) is 2.12. The molecule has 1 N–H and O–H groups in total. The third-order valence-electron chi connectivity index (χ3n) is 2.12. The Hall–Kier alpha value is -1.38. The van der Waals surface area contributed by atoms with Crippen LogP contribution in [0.2, 0.25) is 0 Å². The van der Waals surface area contributed by atoms with Gasteiger partial charge in [-0.3, -0.25) is 10.4 Å². The lowest BCUT2D eigenvalue weighted by molar-refractivity contribution is 0.483. The fourth-order valence-electron chi connectivity index (χ4n) is 1.29. The predicted octanol–water partition coefficient (Wildman–Crippen LogP) is 2.29. The Morgan fingerprint density at radius 3 is 2.64 bits per heavy atom. The molecular weight excluding hydrogens is 174 g/mol. The van der Waals surface area contributed by atoms with Gasteiger partial charge in [-0.15, -0.1) is 0 Å². The maximum atomic E-state index is 7.75. The van der Waals surface area contributed by atoms with E-state index in [9.17, 15) is 0 Å². The molecule has 0 aliphatic carbocycles. The van der Waals surface area contributed by atoms with Crippen molar-refractivity contribution in [3.05, 3.63) is 30.1 Å². The van der Waals surface area contributed by atoms with Gasteiger partial charge in [-0.1, -0.05) is 6.92 Å². The summed E-state index contributed by atoms with van der Waals surface area (Å²) in [5.74, 6) is 0.698. The van der Waals surface area contributed by atoms with Crippen molar-refractivity contribution in [1.82, 2.24) is 9.88 Å². The van der Waals surface area contributed by atoms with Gasteiger partial charge in [-0.25, -0.2) is 0 Å². The van der Waals surface area contributed by atoms with Gasteiger partial charge in [0.1, 0.15) is 0 Å². The second-order valence-electron chi connectivity index (χ2n) is 3.41. The van der Waals surface area contributed by atoms with E-state index in [1.807, 2.05) is 24.1 Å². The number of hydrogen-bond donors (Lipinski definition) is 1. The summed E-state index contributed by atoms with van der Waals surface area (Å²) in [6, 6.07) is 3.96. The molecule has 1 aromatic rings. The summed E-state index contributed by atoms with van der Waals surface area (Å²) in [5, 5.41) is 7.75.